The third kappa shape index (κ3) is 2.38. The number of aryl methyl sites for hydroxylation is 2. The van der Waals surface area contributed by atoms with Gasteiger partial charge in [0.25, 0.3) is 0 Å². The first-order chi connectivity index (χ1) is 9.65. The highest BCUT2D eigenvalue weighted by Gasteiger charge is 2.24. The number of hydrogen-bond donors (Lipinski definition) is 2. The molecule has 2 aromatic carbocycles. The first kappa shape index (κ1) is 13.0. The zero-order valence-electron chi connectivity index (χ0n) is 12.4. The smallest absolute Gasteiger partial charge is 0.0969 e. The third-order valence-corrected chi connectivity index (χ3v) is 4.22. The van der Waals surface area contributed by atoms with Crippen LogP contribution in [0.3, 0.4) is 0 Å². The summed E-state index contributed by atoms with van der Waals surface area (Å²) in [4.78, 5) is 0. The van der Waals surface area contributed by atoms with E-state index in [0.717, 1.165) is 6.42 Å². The van der Waals surface area contributed by atoms with E-state index in [0.29, 0.717) is 12.1 Å². The predicted molar refractivity (Wildman–Crippen MR) is 86.4 cm³/mol. The molecule has 20 heavy (non-hydrogen) atoms. The molecule has 2 unspecified atom stereocenters. The summed E-state index contributed by atoms with van der Waals surface area (Å²) >= 11 is 0. The molecule has 0 saturated carbocycles. The van der Waals surface area contributed by atoms with Crippen molar-refractivity contribution in [2.45, 2.75) is 39.3 Å². The topological polar surface area (TPSA) is 24.1 Å². The first-order valence-electron chi connectivity index (χ1n) is 7.33. The van der Waals surface area contributed by atoms with Crippen LogP contribution >= 0.6 is 0 Å². The Balaban J connectivity index is 1.85. The fraction of sp³-hybridized carbons (Fsp3) is 0.333. The number of nitrogens with one attached hydrogen (secondary N) is 2. The Bertz CT molecular complexity index is 619. The van der Waals surface area contributed by atoms with Crippen LogP contribution in [0.25, 0.3) is 0 Å². The van der Waals surface area contributed by atoms with Gasteiger partial charge >= 0.3 is 0 Å². The van der Waals surface area contributed by atoms with E-state index in [4.69, 9.17) is 0 Å². The minimum atomic E-state index is 0.291. The molecule has 3 rings (SSSR count). The van der Waals surface area contributed by atoms with Gasteiger partial charge in [0.1, 0.15) is 0 Å². The van der Waals surface area contributed by atoms with Gasteiger partial charge in [-0.05, 0) is 48.9 Å². The second-order valence-electron chi connectivity index (χ2n) is 5.83. The fourth-order valence-electron chi connectivity index (χ4n) is 3.03. The number of anilines is 2. The molecule has 0 saturated heterocycles. The Morgan fingerprint density at radius 3 is 2.55 bits per heavy atom. The Morgan fingerprint density at radius 1 is 1.00 bits per heavy atom. The van der Waals surface area contributed by atoms with Crippen molar-refractivity contribution in [1.29, 1.82) is 0 Å². The van der Waals surface area contributed by atoms with Crippen molar-refractivity contribution in [3.8, 4) is 0 Å². The summed E-state index contributed by atoms with van der Waals surface area (Å²) in [6, 6.07) is 15.0. The highest BCUT2D eigenvalue weighted by Crippen LogP contribution is 2.36. The lowest BCUT2D eigenvalue weighted by molar-refractivity contribution is 0.597. The molecule has 2 nitrogen and oxygen atoms in total. The van der Waals surface area contributed by atoms with E-state index in [1.807, 2.05) is 0 Å². The van der Waals surface area contributed by atoms with Crippen molar-refractivity contribution in [1.82, 2.24) is 0 Å². The van der Waals surface area contributed by atoms with Crippen molar-refractivity contribution in [2.24, 2.45) is 0 Å². The van der Waals surface area contributed by atoms with E-state index in [9.17, 15) is 0 Å². The van der Waals surface area contributed by atoms with Crippen LogP contribution in [0.15, 0.2) is 42.5 Å². The molecule has 0 fully saturated rings. The molecule has 2 heteroatoms. The number of fused-ring (bicyclic) bond motifs is 1. The molecule has 0 radical (unpaired) electrons. The lowest BCUT2D eigenvalue weighted by Crippen LogP contribution is -2.34. The van der Waals surface area contributed by atoms with E-state index >= 15 is 0 Å². The van der Waals surface area contributed by atoms with Gasteiger partial charge in [-0.3, -0.25) is 0 Å². The van der Waals surface area contributed by atoms with Crippen molar-refractivity contribution in [3.63, 3.8) is 0 Å². The second-order valence-corrected chi connectivity index (χ2v) is 5.83. The summed E-state index contributed by atoms with van der Waals surface area (Å²) in [5, 5.41) is 7.30. The normalized spacial score (nSPS) is 20.9. The lowest BCUT2D eigenvalue weighted by Gasteiger charge is -2.34. The maximum absolute atomic E-state index is 3.66. The van der Waals surface area contributed by atoms with Gasteiger partial charge in [0.15, 0.2) is 0 Å². The van der Waals surface area contributed by atoms with E-state index in [1.54, 1.807) is 0 Å². The predicted octanol–water partition coefficient (Wildman–Crippen LogP) is 4.66. The summed E-state index contributed by atoms with van der Waals surface area (Å²) in [6.07, 6.45) is 1.39. The molecule has 104 valence electrons. The van der Waals surface area contributed by atoms with Crippen LogP contribution in [0.1, 0.15) is 36.0 Å². The molecule has 0 aliphatic carbocycles. The molecule has 0 amide bonds. The number of benzene rings is 2. The SMILES string of the molecule is Cc1ccccc1NC1CC(C)c2cccc(C)c2N1. The first-order valence-corrected chi connectivity index (χ1v) is 7.33. The van der Waals surface area contributed by atoms with Crippen LogP contribution in [-0.2, 0) is 0 Å². The zero-order chi connectivity index (χ0) is 14.1. The van der Waals surface area contributed by atoms with Gasteiger partial charge in [0, 0.05) is 11.4 Å². The summed E-state index contributed by atoms with van der Waals surface area (Å²) in [6.45, 7) is 6.63. The van der Waals surface area contributed by atoms with Crippen LogP contribution in [0.4, 0.5) is 11.4 Å². The molecule has 1 heterocycles. The van der Waals surface area contributed by atoms with Crippen molar-refractivity contribution < 1.29 is 0 Å². The number of para-hydroxylation sites is 2. The van der Waals surface area contributed by atoms with Gasteiger partial charge < -0.3 is 10.6 Å². The van der Waals surface area contributed by atoms with E-state index in [-0.39, 0.29) is 0 Å². The van der Waals surface area contributed by atoms with E-state index in [2.05, 4.69) is 73.9 Å². The van der Waals surface area contributed by atoms with Gasteiger partial charge in [-0.15, -0.1) is 0 Å². The Hall–Kier alpha value is -1.96. The van der Waals surface area contributed by atoms with Crippen molar-refractivity contribution >= 4 is 11.4 Å². The lowest BCUT2D eigenvalue weighted by atomic mass is 9.89. The largest absolute Gasteiger partial charge is 0.365 e. The molecule has 1 aliphatic heterocycles. The second kappa shape index (κ2) is 5.20. The Morgan fingerprint density at radius 2 is 1.75 bits per heavy atom. The van der Waals surface area contributed by atoms with Gasteiger partial charge in [-0.25, -0.2) is 0 Å². The molecule has 0 spiro atoms. The summed E-state index contributed by atoms with van der Waals surface area (Å²) in [5.74, 6) is 0.577. The van der Waals surface area contributed by atoms with Crippen LogP contribution in [-0.4, -0.2) is 6.17 Å². The molecule has 1 aliphatic rings. The standard InChI is InChI=1S/C18H22N2/c1-12-7-4-5-10-16(12)19-17-11-14(3)15-9-6-8-13(2)18(15)20-17/h4-10,14,17,19-20H,11H2,1-3H3. The molecule has 2 aromatic rings. The van der Waals surface area contributed by atoms with Gasteiger partial charge in [-0.2, -0.15) is 0 Å². The maximum atomic E-state index is 3.66. The average Bonchev–Trinajstić information content (AvgIpc) is 2.43. The quantitative estimate of drug-likeness (QED) is 0.826. The Labute approximate surface area is 121 Å². The van der Waals surface area contributed by atoms with Crippen LogP contribution < -0.4 is 10.6 Å². The minimum absolute atomic E-state index is 0.291. The monoisotopic (exact) mass is 266 g/mol. The molecular weight excluding hydrogens is 244 g/mol. The number of rotatable bonds is 2. The number of hydrogen-bond acceptors (Lipinski definition) is 2. The highest BCUT2D eigenvalue weighted by molar-refractivity contribution is 5.62. The fourth-order valence-corrected chi connectivity index (χ4v) is 3.03. The summed E-state index contributed by atoms with van der Waals surface area (Å²) in [5.41, 5.74) is 6.57. The minimum Gasteiger partial charge on any atom is -0.365 e. The zero-order valence-corrected chi connectivity index (χ0v) is 12.4. The molecule has 0 aromatic heterocycles. The van der Waals surface area contributed by atoms with E-state index in [1.165, 1.54) is 28.1 Å². The van der Waals surface area contributed by atoms with Crippen LogP contribution in [0, 0.1) is 13.8 Å². The maximum Gasteiger partial charge on any atom is 0.0969 e. The Kier molecular flexibility index (Phi) is 3.39. The molecule has 2 atom stereocenters. The van der Waals surface area contributed by atoms with Gasteiger partial charge in [-0.1, -0.05) is 43.3 Å². The van der Waals surface area contributed by atoms with Crippen LogP contribution in [0.5, 0.6) is 0 Å². The molecule has 0 bridgehead atoms. The average molecular weight is 266 g/mol. The highest BCUT2D eigenvalue weighted by atomic mass is 15.1. The molecule has 2 N–H and O–H groups in total. The van der Waals surface area contributed by atoms with E-state index < -0.39 is 0 Å². The third-order valence-electron chi connectivity index (χ3n) is 4.22. The summed E-state index contributed by atoms with van der Waals surface area (Å²) < 4.78 is 0. The van der Waals surface area contributed by atoms with Crippen LogP contribution in [0.2, 0.25) is 0 Å². The van der Waals surface area contributed by atoms with Gasteiger partial charge in [0.05, 0.1) is 6.17 Å². The van der Waals surface area contributed by atoms with Crippen molar-refractivity contribution in [3.05, 3.63) is 59.2 Å². The molecular formula is C18H22N2. The summed E-state index contributed by atoms with van der Waals surface area (Å²) in [7, 11) is 0. The van der Waals surface area contributed by atoms with Crippen molar-refractivity contribution in [2.75, 3.05) is 10.6 Å². The van der Waals surface area contributed by atoms with Gasteiger partial charge in [0.2, 0.25) is 0 Å².